The monoisotopic (exact) mass is 488 g/mol. The van der Waals surface area contributed by atoms with Crippen LogP contribution in [0.25, 0.3) is 0 Å². The van der Waals surface area contributed by atoms with Crippen LogP contribution in [-0.4, -0.2) is 42.0 Å². The van der Waals surface area contributed by atoms with Gasteiger partial charge in [-0.25, -0.2) is 14.4 Å². The summed E-state index contributed by atoms with van der Waals surface area (Å²) in [6, 6.07) is 25.3. The van der Waals surface area contributed by atoms with Crippen molar-refractivity contribution in [3.05, 3.63) is 108 Å². The van der Waals surface area contributed by atoms with Crippen molar-refractivity contribution in [2.24, 2.45) is 5.92 Å². The van der Waals surface area contributed by atoms with Crippen LogP contribution in [0.1, 0.15) is 51.8 Å². The highest BCUT2D eigenvalue weighted by molar-refractivity contribution is 5.91. The molecule has 1 unspecified atom stereocenters. The molecule has 0 amide bonds. The lowest BCUT2D eigenvalue weighted by molar-refractivity contribution is -0.291. The Kier molecular flexibility index (Phi) is 7.50. The number of esters is 3. The molecule has 4 atom stereocenters. The minimum absolute atomic E-state index is 0.302. The first-order chi connectivity index (χ1) is 17.3. The van der Waals surface area contributed by atoms with Crippen molar-refractivity contribution >= 4 is 17.9 Å². The maximum atomic E-state index is 13.0. The van der Waals surface area contributed by atoms with Gasteiger partial charge in [-0.3, -0.25) is 0 Å². The van der Waals surface area contributed by atoms with Crippen LogP contribution < -0.4 is 0 Å². The lowest BCUT2D eigenvalue weighted by Gasteiger charge is -2.48. The molecule has 0 aromatic heterocycles. The number of hydrogen-bond acceptors (Lipinski definition) is 7. The molecule has 186 valence electrons. The summed E-state index contributed by atoms with van der Waals surface area (Å²) >= 11 is 0. The standard InChI is InChI=1S/C29H28O7/c1-19-23(33-25(30)20-13-7-4-8-14-20)24(34-26(31)21-15-9-5-10-16-21)28(36-29(19,2)3)35-27(32)22-17-11-6-12-18-22/h4-19,23-24,28H,1-3H3/t19-,23-,24-,28?/m1/s1. The van der Waals surface area contributed by atoms with Crippen molar-refractivity contribution < 1.29 is 33.3 Å². The summed E-state index contributed by atoms with van der Waals surface area (Å²) in [6.45, 7) is 5.45. The Bertz CT molecular complexity index is 1190. The van der Waals surface area contributed by atoms with Crippen molar-refractivity contribution in [3.63, 3.8) is 0 Å². The highest BCUT2D eigenvalue weighted by Crippen LogP contribution is 2.38. The van der Waals surface area contributed by atoms with E-state index in [2.05, 4.69) is 0 Å². The molecular formula is C29H28O7. The van der Waals surface area contributed by atoms with E-state index in [1.165, 1.54) is 0 Å². The second kappa shape index (κ2) is 10.7. The largest absolute Gasteiger partial charge is 0.454 e. The van der Waals surface area contributed by atoms with E-state index in [0.717, 1.165) is 0 Å². The zero-order valence-electron chi connectivity index (χ0n) is 20.3. The van der Waals surface area contributed by atoms with Gasteiger partial charge in [0.1, 0.15) is 0 Å². The van der Waals surface area contributed by atoms with Crippen LogP contribution in [-0.2, 0) is 18.9 Å². The highest BCUT2D eigenvalue weighted by Gasteiger charge is 2.53. The summed E-state index contributed by atoms with van der Waals surface area (Å²) < 4.78 is 23.6. The van der Waals surface area contributed by atoms with E-state index >= 15 is 0 Å². The fraction of sp³-hybridized carbons (Fsp3) is 0.276. The predicted molar refractivity (Wildman–Crippen MR) is 131 cm³/mol. The summed E-state index contributed by atoms with van der Waals surface area (Å²) in [6.07, 6.45) is -3.48. The maximum absolute atomic E-state index is 13.0. The smallest absolute Gasteiger partial charge is 0.340 e. The van der Waals surface area contributed by atoms with Crippen LogP contribution >= 0.6 is 0 Å². The Balaban J connectivity index is 1.67. The van der Waals surface area contributed by atoms with E-state index < -0.39 is 47.9 Å². The molecule has 7 nitrogen and oxygen atoms in total. The van der Waals surface area contributed by atoms with Crippen molar-refractivity contribution in [1.29, 1.82) is 0 Å². The highest BCUT2D eigenvalue weighted by atomic mass is 16.7. The average Bonchev–Trinajstić information content (AvgIpc) is 2.90. The predicted octanol–water partition coefficient (Wildman–Crippen LogP) is 5.07. The van der Waals surface area contributed by atoms with Crippen LogP contribution in [0.15, 0.2) is 91.0 Å². The van der Waals surface area contributed by atoms with E-state index in [1.807, 2.05) is 6.92 Å². The summed E-state index contributed by atoms with van der Waals surface area (Å²) in [5.41, 5.74) is 0.0820. The zero-order chi connectivity index (χ0) is 25.7. The Morgan fingerprint density at radius 2 is 0.972 bits per heavy atom. The lowest BCUT2D eigenvalue weighted by Crippen LogP contribution is -2.61. The normalized spacial score (nSPS) is 22.8. The molecule has 1 aliphatic heterocycles. The van der Waals surface area contributed by atoms with Crippen LogP contribution in [0.2, 0.25) is 0 Å². The number of rotatable bonds is 6. The molecule has 0 bridgehead atoms. The third-order valence-electron chi connectivity index (χ3n) is 6.34. The molecule has 1 fully saturated rings. The molecule has 36 heavy (non-hydrogen) atoms. The molecule has 1 saturated heterocycles. The Morgan fingerprint density at radius 3 is 1.39 bits per heavy atom. The first kappa shape index (κ1) is 25.1. The number of benzene rings is 3. The van der Waals surface area contributed by atoms with Gasteiger partial charge in [0.05, 0.1) is 22.3 Å². The number of carbonyl (C=O) groups is 3. The summed E-state index contributed by atoms with van der Waals surface area (Å²) in [5, 5.41) is 0. The van der Waals surface area contributed by atoms with Gasteiger partial charge in [0.25, 0.3) is 0 Å². The van der Waals surface area contributed by atoms with Crippen LogP contribution in [0, 0.1) is 5.92 Å². The maximum Gasteiger partial charge on any atom is 0.340 e. The van der Waals surface area contributed by atoms with Crippen molar-refractivity contribution in [2.45, 2.75) is 44.9 Å². The van der Waals surface area contributed by atoms with Gasteiger partial charge >= 0.3 is 17.9 Å². The van der Waals surface area contributed by atoms with Crippen molar-refractivity contribution in [3.8, 4) is 0 Å². The van der Waals surface area contributed by atoms with Crippen LogP contribution in [0.3, 0.4) is 0 Å². The second-order valence-corrected chi connectivity index (χ2v) is 9.12. The molecule has 3 aromatic rings. The fourth-order valence-corrected chi connectivity index (χ4v) is 3.97. The summed E-state index contributed by atoms with van der Waals surface area (Å²) in [4.78, 5) is 38.9. The van der Waals surface area contributed by atoms with Gasteiger partial charge in [0.2, 0.25) is 12.4 Å². The van der Waals surface area contributed by atoms with Gasteiger partial charge in [-0.1, -0.05) is 61.5 Å². The molecular weight excluding hydrogens is 460 g/mol. The lowest BCUT2D eigenvalue weighted by atomic mass is 9.82. The fourth-order valence-electron chi connectivity index (χ4n) is 3.97. The van der Waals surface area contributed by atoms with E-state index in [1.54, 1.807) is 105 Å². The third-order valence-corrected chi connectivity index (χ3v) is 6.34. The van der Waals surface area contributed by atoms with Gasteiger partial charge in [0.15, 0.2) is 6.10 Å². The zero-order valence-corrected chi connectivity index (χ0v) is 20.3. The Labute approximate surface area is 209 Å². The van der Waals surface area contributed by atoms with Gasteiger partial charge in [-0.2, -0.15) is 0 Å². The van der Waals surface area contributed by atoms with Crippen molar-refractivity contribution in [2.75, 3.05) is 0 Å². The van der Waals surface area contributed by atoms with E-state index in [9.17, 15) is 14.4 Å². The van der Waals surface area contributed by atoms with E-state index in [4.69, 9.17) is 18.9 Å². The SMILES string of the molecule is C[C@@H]1[C@@H](OC(=O)c2ccccc2)[C@@H](OC(=O)c2ccccc2)C(OC(=O)c2ccccc2)OC1(C)C. The topological polar surface area (TPSA) is 88.1 Å². The van der Waals surface area contributed by atoms with E-state index in [0.29, 0.717) is 16.7 Å². The first-order valence-corrected chi connectivity index (χ1v) is 11.7. The Morgan fingerprint density at radius 1 is 0.611 bits per heavy atom. The van der Waals surface area contributed by atoms with Crippen LogP contribution in [0.5, 0.6) is 0 Å². The molecule has 1 aliphatic rings. The minimum Gasteiger partial charge on any atom is -0.454 e. The molecule has 3 aromatic carbocycles. The molecule has 0 aliphatic carbocycles. The molecule has 0 N–H and O–H groups in total. The van der Waals surface area contributed by atoms with Gasteiger partial charge < -0.3 is 18.9 Å². The van der Waals surface area contributed by atoms with Crippen molar-refractivity contribution in [1.82, 2.24) is 0 Å². The third kappa shape index (κ3) is 5.63. The summed E-state index contributed by atoms with van der Waals surface area (Å²) in [7, 11) is 0. The molecule has 7 heteroatoms. The first-order valence-electron chi connectivity index (χ1n) is 11.7. The van der Waals surface area contributed by atoms with Gasteiger partial charge in [-0.15, -0.1) is 0 Å². The molecule has 4 rings (SSSR count). The quantitative estimate of drug-likeness (QED) is 0.354. The van der Waals surface area contributed by atoms with E-state index in [-0.39, 0.29) is 0 Å². The molecule has 0 saturated carbocycles. The number of hydrogen-bond donors (Lipinski definition) is 0. The van der Waals surface area contributed by atoms with Crippen LogP contribution in [0.4, 0.5) is 0 Å². The molecule has 0 spiro atoms. The molecule has 0 radical (unpaired) electrons. The number of ether oxygens (including phenoxy) is 4. The van der Waals surface area contributed by atoms with Gasteiger partial charge in [-0.05, 0) is 50.2 Å². The molecule has 1 heterocycles. The summed E-state index contributed by atoms with van der Waals surface area (Å²) in [5.74, 6) is -2.30. The average molecular weight is 489 g/mol. The Hall–Kier alpha value is -3.97. The van der Waals surface area contributed by atoms with Gasteiger partial charge in [0, 0.05) is 5.92 Å². The number of carbonyl (C=O) groups excluding carboxylic acids is 3. The minimum atomic E-state index is -1.31. The second-order valence-electron chi connectivity index (χ2n) is 9.12.